The van der Waals surface area contributed by atoms with Crippen LogP contribution in [0.1, 0.15) is 85.0 Å². The zero-order valence-corrected chi connectivity index (χ0v) is 15.0. The Morgan fingerprint density at radius 2 is 1.73 bits per heavy atom. The van der Waals surface area contributed by atoms with Crippen molar-refractivity contribution in [2.75, 3.05) is 6.61 Å². The maximum absolute atomic E-state index is 11.5. The van der Waals surface area contributed by atoms with Crippen LogP contribution in [0.5, 0.6) is 0 Å². The van der Waals surface area contributed by atoms with Crippen LogP contribution in [-0.4, -0.2) is 12.6 Å². The van der Waals surface area contributed by atoms with E-state index < -0.39 is 0 Å². The number of allylic oxidation sites excluding steroid dienone is 3. The van der Waals surface area contributed by atoms with Gasteiger partial charge in [-0.05, 0) is 31.6 Å². The number of carbonyl (C=O) groups is 1. The number of ether oxygens (including phenoxy) is 1. The summed E-state index contributed by atoms with van der Waals surface area (Å²) in [5.74, 6) is 0.696. The first-order chi connectivity index (χ1) is 10.7. The van der Waals surface area contributed by atoms with Crippen LogP contribution in [0, 0.1) is 5.92 Å². The van der Waals surface area contributed by atoms with Crippen LogP contribution in [0.15, 0.2) is 24.3 Å². The van der Waals surface area contributed by atoms with Crippen molar-refractivity contribution in [1.82, 2.24) is 0 Å². The summed E-state index contributed by atoms with van der Waals surface area (Å²) in [4.78, 5) is 11.5. The summed E-state index contributed by atoms with van der Waals surface area (Å²) < 4.78 is 5.18. The Labute approximate surface area is 138 Å². The predicted molar refractivity (Wildman–Crippen MR) is 95.9 cm³/mol. The standard InChI is InChI=1S/C20H36O2/c1-4-5-6-7-8-9-10-11-15-18-22-20(21)17-14-12-13-16-19(2)3/h8-9,11,15,19H,4-7,10,12-14,16-18H2,1-3H3/b9-8-,15-11-. The molecule has 2 heteroatoms. The Kier molecular flexibility index (Phi) is 15.5. The van der Waals surface area contributed by atoms with E-state index in [1.807, 2.05) is 6.08 Å². The van der Waals surface area contributed by atoms with Crippen molar-refractivity contribution >= 4 is 5.97 Å². The van der Waals surface area contributed by atoms with Crippen molar-refractivity contribution in [2.45, 2.75) is 85.0 Å². The maximum Gasteiger partial charge on any atom is 0.306 e. The summed E-state index contributed by atoms with van der Waals surface area (Å²) in [5, 5.41) is 0. The second-order valence-electron chi connectivity index (χ2n) is 6.35. The second kappa shape index (κ2) is 16.3. The normalized spacial score (nSPS) is 11.8. The fourth-order valence-corrected chi connectivity index (χ4v) is 2.18. The topological polar surface area (TPSA) is 26.3 Å². The van der Waals surface area contributed by atoms with Crippen LogP contribution >= 0.6 is 0 Å². The third kappa shape index (κ3) is 17.0. The van der Waals surface area contributed by atoms with Crippen LogP contribution in [-0.2, 0) is 9.53 Å². The smallest absolute Gasteiger partial charge is 0.306 e. The fourth-order valence-electron chi connectivity index (χ4n) is 2.18. The van der Waals surface area contributed by atoms with E-state index in [1.54, 1.807) is 0 Å². The molecule has 0 aromatic carbocycles. The summed E-state index contributed by atoms with van der Waals surface area (Å²) in [7, 11) is 0. The van der Waals surface area contributed by atoms with E-state index >= 15 is 0 Å². The van der Waals surface area contributed by atoms with Gasteiger partial charge in [-0.15, -0.1) is 0 Å². The zero-order chi connectivity index (χ0) is 16.5. The Bertz CT molecular complexity index is 303. The van der Waals surface area contributed by atoms with E-state index in [0.29, 0.717) is 13.0 Å². The Hall–Kier alpha value is -1.05. The fraction of sp³-hybridized carbons (Fsp3) is 0.750. The summed E-state index contributed by atoms with van der Waals surface area (Å²) in [6.07, 6.45) is 19.5. The van der Waals surface area contributed by atoms with Gasteiger partial charge in [0.2, 0.25) is 0 Å². The Morgan fingerprint density at radius 1 is 0.955 bits per heavy atom. The molecular weight excluding hydrogens is 272 g/mol. The molecule has 0 N–H and O–H groups in total. The lowest BCUT2D eigenvalue weighted by Gasteiger charge is -2.04. The van der Waals surface area contributed by atoms with Crippen molar-refractivity contribution in [2.24, 2.45) is 5.92 Å². The molecule has 0 bridgehead atoms. The van der Waals surface area contributed by atoms with Crippen LogP contribution in [0.2, 0.25) is 0 Å². The third-order valence-electron chi connectivity index (χ3n) is 3.58. The van der Waals surface area contributed by atoms with Gasteiger partial charge >= 0.3 is 5.97 Å². The predicted octanol–water partition coefficient (Wildman–Crippen LogP) is 6.22. The highest BCUT2D eigenvalue weighted by Crippen LogP contribution is 2.09. The van der Waals surface area contributed by atoms with Gasteiger partial charge in [-0.3, -0.25) is 4.79 Å². The number of unbranched alkanes of at least 4 members (excludes halogenated alkanes) is 5. The van der Waals surface area contributed by atoms with Gasteiger partial charge in [-0.2, -0.15) is 0 Å². The van der Waals surface area contributed by atoms with Crippen LogP contribution < -0.4 is 0 Å². The first-order valence-electron chi connectivity index (χ1n) is 9.12. The molecule has 0 aliphatic carbocycles. The lowest BCUT2D eigenvalue weighted by atomic mass is 10.0. The minimum Gasteiger partial charge on any atom is -0.461 e. The average Bonchev–Trinajstić information content (AvgIpc) is 2.48. The van der Waals surface area contributed by atoms with Gasteiger partial charge in [0.15, 0.2) is 0 Å². The number of esters is 1. The quantitative estimate of drug-likeness (QED) is 0.216. The summed E-state index contributed by atoms with van der Waals surface area (Å²) in [6.45, 7) is 7.11. The zero-order valence-electron chi connectivity index (χ0n) is 15.0. The molecule has 0 spiro atoms. The number of hydrogen-bond donors (Lipinski definition) is 0. The molecule has 0 unspecified atom stereocenters. The summed E-state index contributed by atoms with van der Waals surface area (Å²) >= 11 is 0. The Morgan fingerprint density at radius 3 is 2.45 bits per heavy atom. The van der Waals surface area contributed by atoms with Crippen molar-refractivity contribution in [3.63, 3.8) is 0 Å². The van der Waals surface area contributed by atoms with E-state index in [9.17, 15) is 4.79 Å². The van der Waals surface area contributed by atoms with Gasteiger partial charge in [0.1, 0.15) is 6.61 Å². The minimum atomic E-state index is -0.0655. The van der Waals surface area contributed by atoms with Gasteiger partial charge in [-0.1, -0.05) is 77.2 Å². The number of carbonyl (C=O) groups excluding carboxylic acids is 1. The number of hydrogen-bond acceptors (Lipinski definition) is 2. The molecule has 0 amide bonds. The largest absolute Gasteiger partial charge is 0.461 e. The van der Waals surface area contributed by atoms with Crippen LogP contribution in [0.3, 0.4) is 0 Å². The number of rotatable bonds is 14. The highest BCUT2D eigenvalue weighted by Gasteiger charge is 2.01. The molecule has 2 nitrogen and oxygen atoms in total. The molecule has 0 radical (unpaired) electrons. The molecule has 0 atom stereocenters. The third-order valence-corrected chi connectivity index (χ3v) is 3.58. The van der Waals surface area contributed by atoms with Gasteiger partial charge in [0.05, 0.1) is 0 Å². The van der Waals surface area contributed by atoms with Crippen LogP contribution in [0.4, 0.5) is 0 Å². The van der Waals surface area contributed by atoms with Crippen LogP contribution in [0.25, 0.3) is 0 Å². The molecule has 0 aromatic rings. The van der Waals surface area contributed by atoms with E-state index in [-0.39, 0.29) is 5.97 Å². The van der Waals surface area contributed by atoms with Crippen molar-refractivity contribution in [3.8, 4) is 0 Å². The van der Waals surface area contributed by atoms with Gasteiger partial charge in [0, 0.05) is 6.42 Å². The van der Waals surface area contributed by atoms with E-state index in [0.717, 1.165) is 25.2 Å². The average molecular weight is 309 g/mol. The van der Waals surface area contributed by atoms with Crippen molar-refractivity contribution in [3.05, 3.63) is 24.3 Å². The molecule has 22 heavy (non-hydrogen) atoms. The van der Waals surface area contributed by atoms with Crippen molar-refractivity contribution < 1.29 is 9.53 Å². The van der Waals surface area contributed by atoms with E-state index in [2.05, 4.69) is 39.0 Å². The molecule has 0 aliphatic rings. The lowest BCUT2D eigenvalue weighted by Crippen LogP contribution is -2.04. The van der Waals surface area contributed by atoms with Gasteiger partial charge < -0.3 is 4.74 Å². The molecule has 0 rings (SSSR count). The van der Waals surface area contributed by atoms with Gasteiger partial charge in [0.25, 0.3) is 0 Å². The molecule has 0 fully saturated rings. The lowest BCUT2D eigenvalue weighted by molar-refractivity contribution is -0.142. The SMILES string of the molecule is CCCCC/C=C\C/C=C\COC(=O)CCCCCC(C)C. The Balaban J connectivity index is 3.38. The van der Waals surface area contributed by atoms with E-state index in [4.69, 9.17) is 4.74 Å². The minimum absolute atomic E-state index is 0.0655. The first-order valence-corrected chi connectivity index (χ1v) is 9.12. The molecule has 0 heterocycles. The monoisotopic (exact) mass is 308 g/mol. The molecule has 0 saturated carbocycles. The highest BCUT2D eigenvalue weighted by molar-refractivity contribution is 5.69. The summed E-state index contributed by atoms with van der Waals surface area (Å²) in [5.41, 5.74) is 0. The first kappa shape index (κ1) is 20.9. The maximum atomic E-state index is 11.5. The molecule has 0 aromatic heterocycles. The second-order valence-corrected chi connectivity index (χ2v) is 6.35. The summed E-state index contributed by atoms with van der Waals surface area (Å²) in [6, 6.07) is 0. The van der Waals surface area contributed by atoms with E-state index in [1.165, 1.54) is 38.5 Å². The molecule has 0 saturated heterocycles. The van der Waals surface area contributed by atoms with Crippen molar-refractivity contribution in [1.29, 1.82) is 0 Å². The molecule has 128 valence electrons. The molecular formula is C20H36O2. The highest BCUT2D eigenvalue weighted by atomic mass is 16.5. The van der Waals surface area contributed by atoms with Gasteiger partial charge in [-0.25, -0.2) is 0 Å². The molecule has 0 aliphatic heterocycles.